The first-order valence-electron chi connectivity index (χ1n) is 3.16. The summed E-state index contributed by atoms with van der Waals surface area (Å²) < 4.78 is 6.23. The average molecular weight is 244 g/mol. The van der Waals surface area contributed by atoms with E-state index in [4.69, 9.17) is 9.84 Å². The number of rotatable bonds is 6. The second-order valence-corrected chi connectivity index (χ2v) is 2.81. The largest absolute Gasteiger partial charge is 0.394 e. The van der Waals surface area contributed by atoms with Gasteiger partial charge in [-0.1, -0.05) is 22.6 Å². The van der Waals surface area contributed by atoms with Crippen LogP contribution in [0.1, 0.15) is 12.8 Å². The minimum atomic E-state index is 0.143. The predicted octanol–water partition coefficient (Wildman–Crippen LogP) is 1.21. The second-order valence-electron chi connectivity index (χ2n) is 1.73. The molecule has 0 radical (unpaired) electrons. The molecule has 0 saturated heterocycles. The van der Waals surface area contributed by atoms with Crippen LogP contribution in [0.5, 0.6) is 0 Å². The molecule has 0 atom stereocenters. The molecule has 0 aliphatic heterocycles. The van der Waals surface area contributed by atoms with Crippen molar-refractivity contribution < 1.29 is 9.84 Å². The van der Waals surface area contributed by atoms with Crippen molar-refractivity contribution in [3.8, 4) is 0 Å². The number of hydrogen-bond donors (Lipinski definition) is 1. The Morgan fingerprint density at radius 3 is 2.56 bits per heavy atom. The lowest BCUT2D eigenvalue weighted by molar-refractivity contribution is 0.0906. The fourth-order valence-corrected chi connectivity index (χ4v) is 1.00. The summed E-state index contributed by atoms with van der Waals surface area (Å²) in [5.74, 6) is 0. The summed E-state index contributed by atoms with van der Waals surface area (Å²) in [5, 5.41) is 8.30. The van der Waals surface area contributed by atoms with Crippen molar-refractivity contribution in [3.63, 3.8) is 0 Å². The molecule has 3 heteroatoms. The fraction of sp³-hybridized carbons (Fsp3) is 1.00. The van der Waals surface area contributed by atoms with Crippen LogP contribution >= 0.6 is 22.6 Å². The average Bonchev–Trinajstić information content (AvgIpc) is 1.89. The first-order chi connectivity index (χ1) is 4.41. The van der Waals surface area contributed by atoms with Gasteiger partial charge in [-0.2, -0.15) is 0 Å². The number of aliphatic hydroxyl groups is 1. The third-order valence-corrected chi connectivity index (χ3v) is 1.67. The zero-order valence-corrected chi connectivity index (χ0v) is 7.63. The molecule has 56 valence electrons. The minimum absolute atomic E-state index is 0.143. The highest BCUT2D eigenvalue weighted by Crippen LogP contribution is 1.93. The maximum atomic E-state index is 8.30. The van der Waals surface area contributed by atoms with E-state index < -0.39 is 0 Å². The van der Waals surface area contributed by atoms with Gasteiger partial charge in [0, 0.05) is 6.61 Å². The SMILES string of the molecule is OCCOCCCCI. The van der Waals surface area contributed by atoms with Crippen molar-refractivity contribution >= 4 is 22.6 Å². The monoisotopic (exact) mass is 244 g/mol. The summed E-state index contributed by atoms with van der Waals surface area (Å²) in [6, 6.07) is 0. The molecule has 9 heavy (non-hydrogen) atoms. The van der Waals surface area contributed by atoms with Gasteiger partial charge in [0.05, 0.1) is 13.2 Å². The van der Waals surface area contributed by atoms with Crippen molar-refractivity contribution in [3.05, 3.63) is 0 Å². The van der Waals surface area contributed by atoms with Crippen LogP contribution in [0.2, 0.25) is 0 Å². The van der Waals surface area contributed by atoms with Gasteiger partial charge in [-0.15, -0.1) is 0 Å². The third kappa shape index (κ3) is 8.65. The van der Waals surface area contributed by atoms with Gasteiger partial charge in [0.15, 0.2) is 0 Å². The van der Waals surface area contributed by atoms with Crippen molar-refractivity contribution in [1.82, 2.24) is 0 Å². The van der Waals surface area contributed by atoms with Crippen LogP contribution in [0.15, 0.2) is 0 Å². The lowest BCUT2D eigenvalue weighted by Crippen LogP contribution is -2.00. The van der Waals surface area contributed by atoms with Crippen LogP contribution in [-0.4, -0.2) is 29.4 Å². The van der Waals surface area contributed by atoms with Crippen LogP contribution in [0.3, 0.4) is 0 Å². The predicted molar refractivity (Wildman–Crippen MR) is 46.0 cm³/mol. The highest BCUT2D eigenvalue weighted by molar-refractivity contribution is 14.1. The molecule has 0 unspecified atom stereocenters. The molecule has 0 aromatic rings. The highest BCUT2D eigenvalue weighted by Gasteiger charge is 1.85. The molecule has 0 aliphatic rings. The van der Waals surface area contributed by atoms with E-state index in [0.29, 0.717) is 6.61 Å². The van der Waals surface area contributed by atoms with E-state index in [-0.39, 0.29) is 6.61 Å². The third-order valence-electron chi connectivity index (χ3n) is 0.908. The zero-order chi connectivity index (χ0) is 6.95. The molecule has 0 aromatic heterocycles. The first-order valence-corrected chi connectivity index (χ1v) is 4.69. The van der Waals surface area contributed by atoms with Gasteiger partial charge in [0.1, 0.15) is 0 Å². The smallest absolute Gasteiger partial charge is 0.0697 e. The lowest BCUT2D eigenvalue weighted by Gasteiger charge is -1.98. The Morgan fingerprint density at radius 2 is 2.00 bits per heavy atom. The molecular formula is C6H13IO2. The van der Waals surface area contributed by atoms with Gasteiger partial charge < -0.3 is 9.84 Å². The standard InChI is InChI=1S/C6H13IO2/c7-3-1-2-5-9-6-4-8/h8H,1-6H2. The topological polar surface area (TPSA) is 29.5 Å². The Hall–Kier alpha value is 0.650. The van der Waals surface area contributed by atoms with E-state index in [0.717, 1.165) is 13.0 Å². The molecule has 0 saturated carbocycles. The molecule has 0 aliphatic carbocycles. The van der Waals surface area contributed by atoms with E-state index in [1.165, 1.54) is 10.8 Å². The second kappa shape index (κ2) is 8.65. The van der Waals surface area contributed by atoms with Gasteiger partial charge in [0.25, 0.3) is 0 Å². The van der Waals surface area contributed by atoms with Crippen molar-refractivity contribution in [2.45, 2.75) is 12.8 Å². The van der Waals surface area contributed by atoms with Crippen LogP contribution in [0.4, 0.5) is 0 Å². The number of halogens is 1. The summed E-state index contributed by atoms with van der Waals surface area (Å²) >= 11 is 2.34. The number of ether oxygens (including phenoxy) is 1. The van der Waals surface area contributed by atoms with Crippen LogP contribution in [0.25, 0.3) is 0 Å². The van der Waals surface area contributed by atoms with E-state index in [2.05, 4.69) is 22.6 Å². The summed E-state index contributed by atoms with van der Waals surface area (Å²) in [5.41, 5.74) is 0. The maximum Gasteiger partial charge on any atom is 0.0697 e. The van der Waals surface area contributed by atoms with Crippen molar-refractivity contribution in [1.29, 1.82) is 0 Å². The summed E-state index contributed by atoms with van der Waals surface area (Å²) in [6.45, 7) is 1.43. The Kier molecular flexibility index (Phi) is 9.27. The normalized spacial score (nSPS) is 10.0. The maximum absolute atomic E-state index is 8.30. The first kappa shape index (κ1) is 9.65. The lowest BCUT2D eigenvalue weighted by atomic mass is 10.4. The molecular weight excluding hydrogens is 231 g/mol. The molecule has 0 fully saturated rings. The number of alkyl halides is 1. The van der Waals surface area contributed by atoms with Crippen LogP contribution < -0.4 is 0 Å². The van der Waals surface area contributed by atoms with Crippen molar-refractivity contribution in [2.75, 3.05) is 24.2 Å². The molecule has 0 amide bonds. The van der Waals surface area contributed by atoms with Crippen molar-refractivity contribution in [2.24, 2.45) is 0 Å². The van der Waals surface area contributed by atoms with E-state index in [1.54, 1.807) is 0 Å². The quantitative estimate of drug-likeness (QED) is 0.432. The summed E-state index contributed by atoms with van der Waals surface area (Å²) in [7, 11) is 0. The minimum Gasteiger partial charge on any atom is -0.394 e. The summed E-state index contributed by atoms with van der Waals surface area (Å²) in [6.07, 6.45) is 2.33. The molecule has 0 bridgehead atoms. The van der Waals surface area contributed by atoms with Gasteiger partial charge in [-0.3, -0.25) is 0 Å². The number of unbranched alkanes of at least 4 members (excludes halogenated alkanes) is 1. The number of hydrogen-bond acceptors (Lipinski definition) is 2. The number of aliphatic hydroxyl groups excluding tert-OH is 1. The van der Waals surface area contributed by atoms with Gasteiger partial charge in [0.2, 0.25) is 0 Å². The van der Waals surface area contributed by atoms with Crippen LogP contribution in [-0.2, 0) is 4.74 Å². The van der Waals surface area contributed by atoms with Crippen LogP contribution in [0, 0.1) is 0 Å². The zero-order valence-electron chi connectivity index (χ0n) is 5.48. The molecule has 2 nitrogen and oxygen atoms in total. The van der Waals surface area contributed by atoms with Gasteiger partial charge in [-0.25, -0.2) is 0 Å². The van der Waals surface area contributed by atoms with Gasteiger partial charge in [-0.05, 0) is 17.3 Å². The fourth-order valence-electron chi connectivity index (χ4n) is 0.465. The van der Waals surface area contributed by atoms with E-state index in [1.807, 2.05) is 0 Å². The Bertz CT molecular complexity index is 44.3. The van der Waals surface area contributed by atoms with E-state index in [9.17, 15) is 0 Å². The molecule has 0 aromatic carbocycles. The molecule has 0 rings (SSSR count). The molecule has 0 spiro atoms. The molecule has 1 N–H and O–H groups in total. The Labute approximate surface area is 69.7 Å². The highest BCUT2D eigenvalue weighted by atomic mass is 127. The van der Waals surface area contributed by atoms with E-state index >= 15 is 0 Å². The molecule has 0 heterocycles. The Morgan fingerprint density at radius 1 is 1.22 bits per heavy atom. The Balaban J connectivity index is 2.60. The summed E-state index contributed by atoms with van der Waals surface area (Å²) in [4.78, 5) is 0. The van der Waals surface area contributed by atoms with Gasteiger partial charge >= 0.3 is 0 Å².